The Hall–Kier alpha value is -4.71. The predicted octanol–water partition coefficient (Wildman–Crippen LogP) is 4.05. The number of hydrogen-bond donors (Lipinski definition) is 2. The van der Waals surface area contributed by atoms with Crippen molar-refractivity contribution in [2.45, 2.75) is 6.92 Å². The zero-order valence-corrected chi connectivity index (χ0v) is 20.6. The number of aryl methyl sites for hydroxylation is 1. The molecule has 12 nitrogen and oxygen atoms in total. The number of anilines is 3. The number of fused-ring (bicyclic) bond motifs is 1. The van der Waals surface area contributed by atoms with E-state index in [9.17, 15) is 29.8 Å². The number of imide groups is 1. The third-order valence-electron chi connectivity index (χ3n) is 5.73. The molecular weight excluding hydrogens is 504 g/mol. The van der Waals surface area contributed by atoms with Crippen LogP contribution in [-0.4, -0.2) is 46.7 Å². The number of likely N-dealkylation sites (N-methyl/N-ethyl adjacent to an activating group) is 1. The summed E-state index contributed by atoms with van der Waals surface area (Å²) in [5.74, 6) is -0.431. The molecule has 0 fully saturated rings. The number of nitrogens with zero attached hydrogens (tertiary/aromatic N) is 4. The van der Waals surface area contributed by atoms with Crippen LogP contribution in [0.4, 0.5) is 28.4 Å². The van der Waals surface area contributed by atoms with Crippen LogP contribution >= 0.6 is 11.6 Å². The molecule has 0 aliphatic carbocycles. The predicted molar refractivity (Wildman–Crippen MR) is 140 cm³/mol. The van der Waals surface area contributed by atoms with Crippen LogP contribution in [0, 0.1) is 27.2 Å². The van der Waals surface area contributed by atoms with E-state index in [0.717, 1.165) is 29.1 Å². The van der Waals surface area contributed by atoms with E-state index in [4.69, 9.17) is 23.1 Å². The fourth-order valence-electron chi connectivity index (χ4n) is 3.56. The maximum Gasteiger partial charge on any atom is 0.300 e. The van der Waals surface area contributed by atoms with Gasteiger partial charge in [0.25, 0.3) is 17.5 Å². The first-order valence-electron chi connectivity index (χ1n) is 10.8. The zero-order valence-electron chi connectivity index (χ0n) is 19.9. The quantitative estimate of drug-likeness (QED) is 0.207. The van der Waals surface area contributed by atoms with Crippen LogP contribution in [0.25, 0.3) is 0 Å². The first-order chi connectivity index (χ1) is 17.4. The van der Waals surface area contributed by atoms with Gasteiger partial charge in [-0.1, -0.05) is 23.7 Å². The van der Waals surface area contributed by atoms with Crippen molar-refractivity contribution in [1.29, 1.82) is 0 Å². The number of nitrogens with two attached hydrogens (primary N) is 2. The minimum atomic E-state index is -0.825. The van der Waals surface area contributed by atoms with Crippen LogP contribution in [0.5, 0.6) is 0 Å². The van der Waals surface area contributed by atoms with Gasteiger partial charge in [-0.05, 0) is 42.8 Å². The van der Waals surface area contributed by atoms with Crippen molar-refractivity contribution in [1.82, 2.24) is 4.90 Å². The molecule has 0 saturated carbocycles. The number of hydrogen-bond acceptors (Lipinski definition) is 9. The van der Waals surface area contributed by atoms with E-state index in [2.05, 4.69) is 0 Å². The number of nitrogen functional groups attached to an aromatic ring is 2. The lowest BCUT2D eigenvalue weighted by atomic mass is 10.1. The lowest BCUT2D eigenvalue weighted by Gasteiger charge is -2.23. The molecule has 0 atom stereocenters. The molecule has 13 heteroatoms. The van der Waals surface area contributed by atoms with Gasteiger partial charge in [0.1, 0.15) is 5.69 Å². The molecule has 4 N–H and O–H groups in total. The molecule has 0 spiro atoms. The molecule has 4 rings (SSSR count). The number of benzene rings is 3. The summed E-state index contributed by atoms with van der Waals surface area (Å²) in [4.78, 5) is 47.1. The van der Waals surface area contributed by atoms with Gasteiger partial charge in [0.15, 0.2) is 0 Å². The van der Waals surface area contributed by atoms with Crippen molar-refractivity contribution in [3.8, 4) is 0 Å². The summed E-state index contributed by atoms with van der Waals surface area (Å²) in [5.41, 5.74) is 13.5. The third kappa shape index (κ3) is 5.76. The number of halogens is 1. The lowest BCUT2D eigenvalue weighted by molar-refractivity contribution is -0.393. The Morgan fingerprint density at radius 1 is 0.946 bits per heavy atom. The number of carbonyl (C=O) groups excluding carboxylic acids is 2. The molecule has 37 heavy (non-hydrogen) atoms. The number of nitro groups is 2. The normalized spacial score (nSPS) is 12.0. The van der Waals surface area contributed by atoms with E-state index >= 15 is 0 Å². The molecular formula is C24H23ClN6O6. The van der Waals surface area contributed by atoms with Crippen molar-refractivity contribution in [2.75, 3.05) is 36.5 Å². The van der Waals surface area contributed by atoms with Crippen molar-refractivity contribution in [2.24, 2.45) is 0 Å². The average molecular weight is 527 g/mol. The standard InChI is InChI=1S/C18H19N3O2.C6H4ClN3O4/c1-12-11-13(7-8-16(12)19)20(2)9-10-21-17(22)14-5-3-4-6-15(14)18(21)23;7-4-1-3(9(11)12)2-5(6(4)8)10(13)14/h3-8,11H,9-10,19H2,1-2H3;1-2H,8H2. The van der Waals surface area contributed by atoms with Gasteiger partial charge in [0, 0.05) is 37.6 Å². The molecule has 3 aromatic rings. The molecule has 3 aromatic carbocycles. The Bertz CT molecular complexity index is 1380. The van der Waals surface area contributed by atoms with Crippen molar-refractivity contribution >= 4 is 51.9 Å². The summed E-state index contributed by atoms with van der Waals surface area (Å²) < 4.78 is 0. The van der Waals surface area contributed by atoms with Gasteiger partial charge >= 0.3 is 5.69 Å². The van der Waals surface area contributed by atoms with Crippen molar-refractivity contribution in [3.63, 3.8) is 0 Å². The topological polar surface area (TPSA) is 179 Å². The van der Waals surface area contributed by atoms with E-state index < -0.39 is 21.2 Å². The largest absolute Gasteiger partial charge is 0.399 e. The molecule has 2 amide bonds. The van der Waals surface area contributed by atoms with Crippen LogP contribution in [-0.2, 0) is 0 Å². The van der Waals surface area contributed by atoms with Gasteiger partial charge < -0.3 is 16.4 Å². The first kappa shape index (κ1) is 26.9. The fourth-order valence-corrected chi connectivity index (χ4v) is 3.77. The molecule has 1 aliphatic heterocycles. The molecule has 1 aliphatic rings. The number of non-ortho nitro benzene ring substituents is 1. The summed E-state index contributed by atoms with van der Waals surface area (Å²) in [6.07, 6.45) is 0. The SMILES string of the molecule is Cc1cc(N(C)CCN2C(=O)c3ccccc3C2=O)ccc1N.Nc1c(Cl)cc([N+](=O)[O-])cc1[N+](=O)[O-]. The summed E-state index contributed by atoms with van der Waals surface area (Å²) in [5, 5.41) is 20.5. The molecule has 0 unspecified atom stereocenters. The van der Waals surface area contributed by atoms with Crippen LogP contribution in [0.2, 0.25) is 5.02 Å². The Morgan fingerprint density at radius 2 is 1.54 bits per heavy atom. The average Bonchev–Trinajstić information content (AvgIpc) is 3.10. The molecule has 0 radical (unpaired) electrons. The Balaban J connectivity index is 0.000000233. The van der Waals surface area contributed by atoms with E-state index in [1.165, 1.54) is 4.90 Å². The molecule has 0 bridgehead atoms. The summed E-state index contributed by atoms with van der Waals surface area (Å²) in [6.45, 7) is 2.87. The fraction of sp³-hybridized carbons (Fsp3) is 0.167. The van der Waals surface area contributed by atoms with E-state index in [1.807, 2.05) is 37.1 Å². The molecule has 0 aromatic heterocycles. The van der Waals surface area contributed by atoms with E-state index in [0.29, 0.717) is 24.2 Å². The Labute approximate surface area is 216 Å². The first-order valence-corrected chi connectivity index (χ1v) is 11.2. The lowest BCUT2D eigenvalue weighted by Crippen LogP contribution is -2.37. The highest BCUT2D eigenvalue weighted by molar-refractivity contribution is 6.33. The monoisotopic (exact) mass is 526 g/mol. The van der Waals surface area contributed by atoms with E-state index in [1.54, 1.807) is 24.3 Å². The van der Waals surface area contributed by atoms with Crippen LogP contribution in [0.1, 0.15) is 26.3 Å². The van der Waals surface area contributed by atoms with E-state index in [-0.39, 0.29) is 22.5 Å². The van der Waals surface area contributed by atoms with Gasteiger partial charge in [0.2, 0.25) is 0 Å². The second kappa shape index (κ2) is 10.9. The summed E-state index contributed by atoms with van der Waals surface area (Å²) in [7, 11) is 1.93. The van der Waals surface area contributed by atoms with Crippen molar-refractivity contribution < 1.29 is 19.4 Å². The Morgan fingerprint density at radius 3 is 2.05 bits per heavy atom. The number of carbonyl (C=O) groups is 2. The van der Waals surface area contributed by atoms with Crippen LogP contribution in [0.15, 0.2) is 54.6 Å². The highest BCUT2D eigenvalue weighted by atomic mass is 35.5. The van der Waals surface area contributed by atoms with Crippen molar-refractivity contribution in [3.05, 3.63) is 96.5 Å². The molecule has 0 saturated heterocycles. The maximum atomic E-state index is 12.3. The minimum absolute atomic E-state index is 0.203. The van der Waals surface area contributed by atoms with Crippen LogP contribution in [0.3, 0.4) is 0 Å². The third-order valence-corrected chi connectivity index (χ3v) is 6.04. The Kier molecular flexibility index (Phi) is 7.93. The maximum absolute atomic E-state index is 12.3. The van der Waals surface area contributed by atoms with Gasteiger partial charge in [-0.15, -0.1) is 0 Å². The van der Waals surface area contributed by atoms with Gasteiger partial charge in [-0.2, -0.15) is 0 Å². The summed E-state index contributed by atoms with van der Waals surface area (Å²) in [6, 6.07) is 14.5. The highest BCUT2D eigenvalue weighted by Crippen LogP contribution is 2.33. The van der Waals surface area contributed by atoms with Crippen LogP contribution < -0.4 is 16.4 Å². The number of amides is 2. The second-order valence-corrected chi connectivity index (χ2v) is 8.55. The highest BCUT2D eigenvalue weighted by Gasteiger charge is 2.34. The number of nitro benzene ring substituents is 2. The molecule has 192 valence electrons. The summed E-state index contributed by atoms with van der Waals surface area (Å²) >= 11 is 5.47. The smallest absolute Gasteiger partial charge is 0.300 e. The second-order valence-electron chi connectivity index (χ2n) is 8.14. The minimum Gasteiger partial charge on any atom is -0.399 e. The van der Waals surface area contributed by atoms with Gasteiger partial charge in [-0.25, -0.2) is 0 Å². The van der Waals surface area contributed by atoms with Gasteiger partial charge in [0.05, 0.1) is 32.1 Å². The van der Waals surface area contributed by atoms with Gasteiger partial charge in [-0.3, -0.25) is 34.7 Å². The zero-order chi connectivity index (χ0) is 27.4. The molecule has 1 heterocycles. The number of rotatable bonds is 6.